The lowest BCUT2D eigenvalue weighted by Crippen LogP contribution is -2.43. The van der Waals surface area contributed by atoms with Crippen LogP contribution >= 0.6 is 0 Å². The highest BCUT2D eigenvalue weighted by molar-refractivity contribution is 5.52. The summed E-state index contributed by atoms with van der Waals surface area (Å²) < 4.78 is 10.7. The van der Waals surface area contributed by atoms with Crippen LogP contribution in [0.25, 0.3) is 0 Å². The molecule has 1 amide bonds. The quantitative estimate of drug-likeness (QED) is 0.712. The molecule has 25 heavy (non-hydrogen) atoms. The monoisotopic (exact) mass is 339 g/mol. The zero-order chi connectivity index (χ0) is 17.7. The van der Waals surface area contributed by atoms with Crippen LogP contribution in [0.5, 0.6) is 11.5 Å². The first-order chi connectivity index (χ1) is 12.2. The Bertz CT molecular complexity index is 708. The molecule has 4 nitrogen and oxygen atoms in total. The van der Waals surface area contributed by atoms with E-state index in [4.69, 9.17) is 9.47 Å². The topological polar surface area (TPSA) is 38.8 Å². The van der Waals surface area contributed by atoms with Gasteiger partial charge in [-0.2, -0.15) is 0 Å². The second-order valence-electron chi connectivity index (χ2n) is 6.53. The van der Waals surface area contributed by atoms with Gasteiger partial charge < -0.3 is 14.4 Å². The molecular formula is C21H25NO3. The molecule has 0 aromatic heterocycles. The van der Waals surface area contributed by atoms with Gasteiger partial charge in [0.2, 0.25) is 6.41 Å². The Morgan fingerprint density at radius 1 is 1.00 bits per heavy atom. The van der Waals surface area contributed by atoms with Crippen LogP contribution in [0.2, 0.25) is 0 Å². The molecule has 1 aliphatic rings. The van der Waals surface area contributed by atoms with Crippen molar-refractivity contribution >= 4 is 6.41 Å². The Hall–Kier alpha value is -2.49. The van der Waals surface area contributed by atoms with Gasteiger partial charge in [-0.15, -0.1) is 0 Å². The van der Waals surface area contributed by atoms with Crippen molar-refractivity contribution in [1.82, 2.24) is 4.90 Å². The molecule has 0 bridgehead atoms. The molecule has 0 spiro atoms. The van der Waals surface area contributed by atoms with Gasteiger partial charge in [0.1, 0.15) is 0 Å². The van der Waals surface area contributed by atoms with E-state index >= 15 is 0 Å². The molecule has 0 saturated heterocycles. The Kier molecular flexibility index (Phi) is 5.27. The highest BCUT2D eigenvalue weighted by Crippen LogP contribution is 2.44. The van der Waals surface area contributed by atoms with Crippen LogP contribution < -0.4 is 9.47 Å². The number of benzene rings is 2. The lowest BCUT2D eigenvalue weighted by Gasteiger charge is -2.39. The average Bonchev–Trinajstić information content (AvgIpc) is 3.17. The van der Waals surface area contributed by atoms with Gasteiger partial charge in [-0.25, -0.2) is 0 Å². The molecule has 0 unspecified atom stereocenters. The average molecular weight is 339 g/mol. The minimum absolute atomic E-state index is 0.212. The lowest BCUT2D eigenvalue weighted by atomic mass is 9.86. The second-order valence-corrected chi connectivity index (χ2v) is 6.53. The summed E-state index contributed by atoms with van der Waals surface area (Å²) in [6.07, 6.45) is 5.29. The second kappa shape index (κ2) is 7.60. The minimum atomic E-state index is -0.212. The molecule has 0 heterocycles. The van der Waals surface area contributed by atoms with Gasteiger partial charge >= 0.3 is 0 Å². The van der Waals surface area contributed by atoms with Crippen molar-refractivity contribution in [3.63, 3.8) is 0 Å². The number of carbonyl (C=O) groups is 1. The van der Waals surface area contributed by atoms with Crippen LogP contribution in [0.1, 0.15) is 36.8 Å². The number of nitrogens with zero attached hydrogens (tertiary/aromatic N) is 1. The van der Waals surface area contributed by atoms with Gasteiger partial charge in [-0.05, 0) is 36.1 Å². The van der Waals surface area contributed by atoms with Crippen molar-refractivity contribution in [2.45, 2.75) is 37.8 Å². The summed E-state index contributed by atoms with van der Waals surface area (Å²) in [4.78, 5) is 14.0. The van der Waals surface area contributed by atoms with E-state index in [0.717, 1.165) is 37.7 Å². The smallest absolute Gasteiger partial charge is 0.210 e. The maximum Gasteiger partial charge on any atom is 0.210 e. The highest BCUT2D eigenvalue weighted by atomic mass is 16.5. The Balaban J connectivity index is 1.92. The van der Waals surface area contributed by atoms with Gasteiger partial charge in [-0.1, -0.05) is 49.2 Å². The summed E-state index contributed by atoms with van der Waals surface area (Å²) in [5.41, 5.74) is 2.04. The van der Waals surface area contributed by atoms with E-state index in [1.165, 1.54) is 5.56 Å². The van der Waals surface area contributed by atoms with E-state index in [0.29, 0.717) is 18.0 Å². The van der Waals surface area contributed by atoms with Crippen molar-refractivity contribution in [3.8, 4) is 11.5 Å². The van der Waals surface area contributed by atoms with Crippen molar-refractivity contribution in [3.05, 3.63) is 59.7 Å². The van der Waals surface area contributed by atoms with E-state index in [1.54, 1.807) is 14.2 Å². The number of carbonyl (C=O) groups excluding carboxylic acids is 1. The molecule has 0 N–H and O–H groups in total. The Labute approximate surface area is 149 Å². The minimum Gasteiger partial charge on any atom is -0.493 e. The zero-order valence-corrected chi connectivity index (χ0v) is 14.9. The first-order valence-corrected chi connectivity index (χ1v) is 8.72. The fraction of sp³-hybridized carbons (Fsp3) is 0.381. The largest absolute Gasteiger partial charge is 0.493 e. The third-order valence-electron chi connectivity index (χ3n) is 5.22. The molecule has 1 aliphatic carbocycles. The number of methoxy groups -OCH3 is 2. The van der Waals surface area contributed by atoms with Gasteiger partial charge in [0.15, 0.2) is 11.5 Å². The Morgan fingerprint density at radius 3 is 2.28 bits per heavy atom. The van der Waals surface area contributed by atoms with E-state index in [1.807, 2.05) is 29.2 Å². The summed E-state index contributed by atoms with van der Waals surface area (Å²) in [5, 5.41) is 0. The van der Waals surface area contributed by atoms with Crippen molar-refractivity contribution in [1.29, 1.82) is 0 Å². The number of amides is 1. The van der Waals surface area contributed by atoms with E-state index in [9.17, 15) is 4.79 Å². The Morgan fingerprint density at radius 2 is 1.68 bits per heavy atom. The first kappa shape index (κ1) is 17.3. The van der Waals surface area contributed by atoms with Gasteiger partial charge in [0.05, 0.1) is 19.8 Å². The van der Waals surface area contributed by atoms with Crippen LogP contribution in [-0.2, 0) is 16.9 Å². The number of hydrogen-bond acceptors (Lipinski definition) is 3. The number of rotatable bonds is 7. The molecule has 0 atom stereocenters. The molecule has 3 rings (SSSR count). The van der Waals surface area contributed by atoms with Crippen LogP contribution in [0.4, 0.5) is 0 Å². The van der Waals surface area contributed by atoms with Gasteiger partial charge in [0, 0.05) is 6.54 Å². The first-order valence-electron chi connectivity index (χ1n) is 8.72. The third-order valence-corrected chi connectivity index (χ3v) is 5.22. The van der Waals surface area contributed by atoms with Crippen molar-refractivity contribution in [2.75, 3.05) is 14.2 Å². The van der Waals surface area contributed by atoms with Crippen LogP contribution in [0, 0.1) is 0 Å². The molecule has 1 fully saturated rings. The van der Waals surface area contributed by atoms with Crippen LogP contribution in [-0.4, -0.2) is 25.5 Å². The predicted molar refractivity (Wildman–Crippen MR) is 97.7 cm³/mol. The molecule has 0 radical (unpaired) electrons. The molecule has 2 aromatic rings. The maximum atomic E-state index is 12.0. The molecule has 2 aromatic carbocycles. The molecule has 1 saturated carbocycles. The number of hydrogen-bond donors (Lipinski definition) is 0. The SMILES string of the molecule is COc1ccc(CN(C=O)C2(c3ccccc3)CCCC2)cc1OC. The summed E-state index contributed by atoms with van der Waals surface area (Å²) >= 11 is 0. The maximum absolute atomic E-state index is 12.0. The molecule has 132 valence electrons. The van der Waals surface area contributed by atoms with Crippen LogP contribution in [0.15, 0.2) is 48.5 Å². The van der Waals surface area contributed by atoms with E-state index in [-0.39, 0.29) is 5.54 Å². The zero-order valence-electron chi connectivity index (χ0n) is 14.9. The molecular weight excluding hydrogens is 314 g/mol. The summed E-state index contributed by atoms with van der Waals surface area (Å²) in [7, 11) is 3.25. The molecule has 4 heteroatoms. The van der Waals surface area contributed by atoms with E-state index < -0.39 is 0 Å². The summed E-state index contributed by atoms with van der Waals surface area (Å²) in [6, 6.07) is 16.2. The fourth-order valence-corrected chi connectivity index (χ4v) is 3.92. The summed E-state index contributed by atoms with van der Waals surface area (Å²) in [5.74, 6) is 1.38. The predicted octanol–water partition coefficient (Wildman–Crippen LogP) is 4.13. The lowest BCUT2D eigenvalue weighted by molar-refractivity contribution is -0.125. The molecule has 0 aliphatic heterocycles. The van der Waals surface area contributed by atoms with Crippen LogP contribution in [0.3, 0.4) is 0 Å². The van der Waals surface area contributed by atoms with Gasteiger partial charge in [-0.3, -0.25) is 4.79 Å². The third kappa shape index (κ3) is 3.34. The van der Waals surface area contributed by atoms with Crippen molar-refractivity contribution in [2.24, 2.45) is 0 Å². The van der Waals surface area contributed by atoms with Gasteiger partial charge in [0.25, 0.3) is 0 Å². The van der Waals surface area contributed by atoms with E-state index in [2.05, 4.69) is 24.3 Å². The normalized spacial score (nSPS) is 15.6. The van der Waals surface area contributed by atoms with Crippen molar-refractivity contribution < 1.29 is 14.3 Å². The fourth-order valence-electron chi connectivity index (χ4n) is 3.92. The number of ether oxygens (including phenoxy) is 2. The highest BCUT2D eigenvalue weighted by Gasteiger charge is 2.40. The summed E-state index contributed by atoms with van der Waals surface area (Å²) in [6.45, 7) is 0.554. The standard InChI is InChI=1S/C21H25NO3/c1-24-19-11-10-17(14-20(19)25-2)15-22(16-23)21(12-6-7-13-21)18-8-4-3-5-9-18/h3-5,8-11,14,16H,6-7,12-13,15H2,1-2H3.